The fourth-order valence-electron chi connectivity index (χ4n) is 4.41. The van der Waals surface area contributed by atoms with E-state index in [9.17, 15) is 0 Å². The molecule has 0 saturated carbocycles. The number of nitrogens with one attached hydrogen (secondary N) is 2. The van der Waals surface area contributed by atoms with Crippen LogP contribution in [0.4, 0.5) is 0 Å². The molecule has 0 amide bonds. The normalized spacial score (nSPS) is 12.4. The molecule has 0 aromatic carbocycles. The van der Waals surface area contributed by atoms with Crippen LogP contribution >= 0.6 is 0 Å². The van der Waals surface area contributed by atoms with E-state index >= 15 is 0 Å². The summed E-state index contributed by atoms with van der Waals surface area (Å²) in [6, 6.07) is 18.9. The van der Waals surface area contributed by atoms with Gasteiger partial charge in [-0.1, -0.05) is 13.3 Å². The van der Waals surface area contributed by atoms with Crippen LogP contribution < -0.4 is 4.57 Å². The third-order valence-electron chi connectivity index (χ3n) is 6.16. The van der Waals surface area contributed by atoms with E-state index < -0.39 is 0 Å². The predicted molar refractivity (Wildman–Crippen MR) is 139 cm³/mol. The highest BCUT2D eigenvalue weighted by Crippen LogP contribution is 2.22. The van der Waals surface area contributed by atoms with Gasteiger partial charge >= 0.3 is 0 Å². The van der Waals surface area contributed by atoms with Gasteiger partial charge in [-0.3, -0.25) is 0 Å². The van der Waals surface area contributed by atoms with Gasteiger partial charge in [-0.05, 0) is 85.2 Å². The van der Waals surface area contributed by atoms with Gasteiger partial charge < -0.3 is 9.97 Å². The first-order chi connectivity index (χ1) is 16.7. The summed E-state index contributed by atoms with van der Waals surface area (Å²) >= 11 is 0. The largest absolute Gasteiger partial charge is 0.355 e. The zero-order valence-electron chi connectivity index (χ0n) is 19.1. The Morgan fingerprint density at radius 2 is 1.21 bits per heavy atom. The van der Waals surface area contributed by atoms with Gasteiger partial charge in [0.1, 0.15) is 11.4 Å². The van der Waals surface area contributed by atoms with E-state index in [1.54, 1.807) is 0 Å². The Bertz CT molecular complexity index is 1490. The van der Waals surface area contributed by atoms with E-state index in [2.05, 4.69) is 113 Å². The highest BCUT2D eigenvalue weighted by molar-refractivity contribution is 5.81. The molecule has 34 heavy (non-hydrogen) atoms. The smallest absolute Gasteiger partial charge is 0.262 e. The van der Waals surface area contributed by atoms with Gasteiger partial charge in [-0.15, -0.1) is 0 Å². The van der Waals surface area contributed by atoms with Gasteiger partial charge in [0.15, 0.2) is 12.4 Å². The number of aromatic nitrogens is 5. The molecule has 166 valence electrons. The lowest BCUT2D eigenvalue weighted by Crippen LogP contribution is -2.31. The Morgan fingerprint density at radius 3 is 1.74 bits per heavy atom. The van der Waals surface area contributed by atoms with Crippen LogP contribution in [0.5, 0.6) is 0 Å². The minimum Gasteiger partial charge on any atom is -0.355 e. The molecule has 6 rings (SSSR count). The molecule has 0 aliphatic carbocycles. The van der Waals surface area contributed by atoms with Crippen molar-refractivity contribution in [3.05, 3.63) is 95.3 Å². The highest BCUT2D eigenvalue weighted by atomic mass is 15.0. The number of fused-ring (bicyclic) bond motifs is 8. The molecule has 4 aromatic rings. The molecular formula is C29H26N5+. The van der Waals surface area contributed by atoms with Crippen LogP contribution in [0.2, 0.25) is 0 Å². The van der Waals surface area contributed by atoms with Crippen LogP contribution in [-0.4, -0.2) is 19.9 Å². The first-order valence-corrected chi connectivity index (χ1v) is 11.8. The maximum atomic E-state index is 4.95. The van der Waals surface area contributed by atoms with E-state index in [1.807, 2.05) is 0 Å². The Balaban J connectivity index is 1.60. The van der Waals surface area contributed by atoms with Gasteiger partial charge in [0.05, 0.1) is 11.4 Å². The second kappa shape index (κ2) is 8.60. The van der Waals surface area contributed by atoms with E-state index in [-0.39, 0.29) is 0 Å². The lowest BCUT2D eigenvalue weighted by atomic mass is 10.1. The molecule has 5 heteroatoms. The average molecular weight is 445 g/mol. The van der Waals surface area contributed by atoms with Crippen LogP contribution in [0.3, 0.4) is 0 Å². The summed E-state index contributed by atoms with van der Waals surface area (Å²) in [5.41, 5.74) is 10.1. The molecular weight excluding hydrogens is 418 g/mol. The maximum absolute atomic E-state index is 4.95. The van der Waals surface area contributed by atoms with Gasteiger partial charge in [-0.25, -0.2) is 9.97 Å². The first-order valence-electron chi connectivity index (χ1n) is 11.8. The van der Waals surface area contributed by atoms with Crippen LogP contribution in [0, 0.1) is 0 Å². The summed E-state index contributed by atoms with van der Waals surface area (Å²) < 4.78 is 2.13. The Morgan fingerprint density at radius 1 is 0.676 bits per heavy atom. The van der Waals surface area contributed by atoms with Crippen molar-refractivity contribution in [2.75, 3.05) is 0 Å². The van der Waals surface area contributed by atoms with Crippen molar-refractivity contribution in [2.45, 2.75) is 26.2 Å². The van der Waals surface area contributed by atoms with Crippen molar-refractivity contribution < 1.29 is 4.57 Å². The van der Waals surface area contributed by atoms with E-state index in [4.69, 9.17) is 9.97 Å². The zero-order chi connectivity index (χ0) is 22.9. The van der Waals surface area contributed by atoms with Crippen molar-refractivity contribution in [2.24, 2.45) is 0 Å². The van der Waals surface area contributed by atoms with Crippen LogP contribution in [0.15, 0.2) is 67.0 Å². The number of hydrogen-bond donors (Lipinski definition) is 2. The molecule has 5 nitrogen and oxygen atoms in total. The second-order valence-corrected chi connectivity index (χ2v) is 8.75. The predicted octanol–water partition coefficient (Wildman–Crippen LogP) is 6.27. The summed E-state index contributed by atoms with van der Waals surface area (Å²) in [5.74, 6) is 0. The number of rotatable bonds is 4. The van der Waals surface area contributed by atoms with Crippen molar-refractivity contribution in [1.29, 1.82) is 0 Å². The number of H-pyrrole nitrogens is 2. The van der Waals surface area contributed by atoms with E-state index in [0.717, 1.165) is 57.0 Å². The van der Waals surface area contributed by atoms with Crippen molar-refractivity contribution in [3.63, 3.8) is 0 Å². The van der Waals surface area contributed by atoms with Gasteiger partial charge in [0.25, 0.3) is 5.69 Å². The summed E-state index contributed by atoms with van der Waals surface area (Å²) in [4.78, 5) is 16.8. The summed E-state index contributed by atoms with van der Waals surface area (Å²) in [6.07, 6.45) is 16.0. The van der Waals surface area contributed by atoms with Gasteiger partial charge in [-0.2, -0.15) is 4.57 Å². The Labute approximate surface area is 198 Å². The third kappa shape index (κ3) is 4.08. The molecule has 4 aromatic heterocycles. The highest BCUT2D eigenvalue weighted by Gasteiger charge is 2.20. The molecule has 0 atom stereocenters. The number of unbranched alkanes of at least 4 members (excludes halogenated alkanes) is 1. The first kappa shape index (κ1) is 20.4. The molecule has 0 saturated heterocycles. The molecule has 2 aliphatic rings. The van der Waals surface area contributed by atoms with E-state index in [0.29, 0.717) is 0 Å². The molecule has 2 N–H and O–H groups in total. The Kier molecular flexibility index (Phi) is 5.15. The standard InChI is InChI=1S/C29H26N5/c1-2-3-4-20-13-15-34(16-14-20)29-27-11-9-25(32-27)18-23-7-5-21(30-23)17-22-6-8-24(31-22)19-26-10-12-28(29)33-26/h5-19,30-31H,2-4H2,1H3/q+1. The number of aromatic amines is 2. The summed E-state index contributed by atoms with van der Waals surface area (Å²) in [7, 11) is 0. The third-order valence-corrected chi connectivity index (χ3v) is 6.16. The molecule has 0 unspecified atom stereocenters. The fourth-order valence-corrected chi connectivity index (χ4v) is 4.41. The topological polar surface area (TPSA) is 61.2 Å². The van der Waals surface area contributed by atoms with Gasteiger partial charge in [0, 0.05) is 34.2 Å². The maximum Gasteiger partial charge on any atom is 0.262 e. The summed E-state index contributed by atoms with van der Waals surface area (Å²) in [5, 5.41) is 0. The van der Waals surface area contributed by atoms with E-state index in [1.165, 1.54) is 18.4 Å². The molecule has 0 radical (unpaired) electrons. The lowest BCUT2D eigenvalue weighted by molar-refractivity contribution is -0.596. The van der Waals surface area contributed by atoms with Crippen LogP contribution in [0.25, 0.3) is 52.1 Å². The van der Waals surface area contributed by atoms with Crippen molar-refractivity contribution >= 4 is 46.4 Å². The number of nitrogens with zero attached hydrogens (tertiary/aromatic N) is 3. The van der Waals surface area contributed by atoms with Crippen LogP contribution in [0.1, 0.15) is 48.1 Å². The minimum atomic E-state index is 0.898. The van der Waals surface area contributed by atoms with Crippen molar-refractivity contribution in [3.8, 4) is 5.69 Å². The van der Waals surface area contributed by atoms with Gasteiger partial charge in [0.2, 0.25) is 0 Å². The molecule has 0 spiro atoms. The Hall–Kier alpha value is -4.25. The molecule has 2 aliphatic heterocycles. The average Bonchev–Trinajstić information content (AvgIpc) is 3.64. The second-order valence-electron chi connectivity index (χ2n) is 8.75. The molecule has 0 fully saturated rings. The monoisotopic (exact) mass is 444 g/mol. The number of pyridine rings is 1. The lowest BCUT2D eigenvalue weighted by Gasteiger charge is -2.01. The van der Waals surface area contributed by atoms with Crippen LogP contribution in [-0.2, 0) is 6.42 Å². The summed E-state index contributed by atoms with van der Waals surface area (Å²) in [6.45, 7) is 2.23. The SMILES string of the molecule is CCCCc1cc[n+](-c2c3nc(cc4ccc(cc5ccc(cc6nc2C=C6)[nH]5)[nH]4)C=C3)cc1. The number of hydrogen-bond acceptors (Lipinski definition) is 2. The molecule has 6 heterocycles. The fraction of sp³-hybridized carbons (Fsp3) is 0.138. The molecule has 8 bridgehead atoms. The minimum absolute atomic E-state index is 0.898. The number of aryl methyl sites for hydroxylation is 1. The van der Waals surface area contributed by atoms with Crippen molar-refractivity contribution in [1.82, 2.24) is 19.9 Å². The quantitative estimate of drug-likeness (QED) is 0.315. The zero-order valence-corrected chi connectivity index (χ0v) is 19.1.